The molecule has 0 aliphatic carbocycles. The second kappa shape index (κ2) is 5.97. The molecule has 0 aliphatic heterocycles. The highest BCUT2D eigenvalue weighted by atomic mass is 35.5. The fourth-order valence-corrected chi connectivity index (χ4v) is 2.19. The summed E-state index contributed by atoms with van der Waals surface area (Å²) >= 11 is 6.08. The second-order valence-corrected chi connectivity index (χ2v) is 4.77. The van der Waals surface area contributed by atoms with Crippen LogP contribution in [0.5, 0.6) is 11.5 Å². The van der Waals surface area contributed by atoms with Crippen LogP contribution in [0.3, 0.4) is 0 Å². The Labute approximate surface area is 123 Å². The Morgan fingerprint density at radius 2 is 1.70 bits per heavy atom. The van der Waals surface area contributed by atoms with Crippen molar-refractivity contribution in [2.75, 3.05) is 14.2 Å². The largest absolute Gasteiger partial charge is 0.497 e. The molecule has 0 amide bonds. The Morgan fingerprint density at radius 3 is 2.25 bits per heavy atom. The molecule has 0 aromatic heterocycles. The number of carbonyl (C=O) groups excluding carboxylic acids is 1. The van der Waals surface area contributed by atoms with Gasteiger partial charge in [0.25, 0.3) is 0 Å². The molecule has 0 radical (unpaired) electrons. The number of carbonyl (C=O) groups is 1. The molecule has 0 atom stereocenters. The normalized spacial score (nSPS) is 10.2. The summed E-state index contributed by atoms with van der Waals surface area (Å²) in [4.78, 5) is 12.5. The van der Waals surface area contributed by atoms with Gasteiger partial charge in [-0.25, -0.2) is 0 Å². The van der Waals surface area contributed by atoms with Gasteiger partial charge in [-0.3, -0.25) is 4.79 Å². The van der Waals surface area contributed by atoms with Crippen LogP contribution >= 0.6 is 11.6 Å². The van der Waals surface area contributed by atoms with Crippen molar-refractivity contribution in [3.63, 3.8) is 0 Å². The molecule has 0 N–H and O–H groups in total. The van der Waals surface area contributed by atoms with Crippen molar-refractivity contribution >= 4 is 17.4 Å². The first-order chi connectivity index (χ1) is 9.56. The van der Waals surface area contributed by atoms with Gasteiger partial charge < -0.3 is 9.47 Å². The van der Waals surface area contributed by atoms with Crippen molar-refractivity contribution in [2.24, 2.45) is 0 Å². The number of hydrogen-bond donors (Lipinski definition) is 0. The number of benzene rings is 2. The molecule has 104 valence electrons. The summed E-state index contributed by atoms with van der Waals surface area (Å²) in [5.74, 6) is 1.20. The molecule has 0 spiro atoms. The van der Waals surface area contributed by atoms with E-state index in [4.69, 9.17) is 21.1 Å². The fraction of sp³-hybridized carbons (Fsp3) is 0.188. The zero-order chi connectivity index (χ0) is 14.7. The van der Waals surface area contributed by atoms with Crippen LogP contribution in [0, 0.1) is 6.92 Å². The van der Waals surface area contributed by atoms with E-state index >= 15 is 0 Å². The summed E-state index contributed by atoms with van der Waals surface area (Å²) in [6.07, 6.45) is 0. The van der Waals surface area contributed by atoms with Crippen LogP contribution in [0.4, 0.5) is 0 Å². The molecule has 0 aliphatic rings. The van der Waals surface area contributed by atoms with Crippen molar-refractivity contribution < 1.29 is 14.3 Å². The van der Waals surface area contributed by atoms with E-state index in [1.165, 1.54) is 0 Å². The van der Waals surface area contributed by atoms with Crippen molar-refractivity contribution in [2.45, 2.75) is 6.92 Å². The van der Waals surface area contributed by atoms with Gasteiger partial charge in [0.15, 0.2) is 5.78 Å². The van der Waals surface area contributed by atoms with Crippen LogP contribution in [0.1, 0.15) is 21.5 Å². The van der Waals surface area contributed by atoms with E-state index in [1.807, 2.05) is 6.92 Å². The van der Waals surface area contributed by atoms with E-state index < -0.39 is 0 Å². The highest BCUT2D eigenvalue weighted by molar-refractivity contribution is 6.32. The molecule has 2 rings (SSSR count). The van der Waals surface area contributed by atoms with E-state index in [1.54, 1.807) is 50.6 Å². The number of ketones is 1. The lowest BCUT2D eigenvalue weighted by atomic mass is 9.99. The molecule has 0 fully saturated rings. The molecule has 4 heteroatoms. The Morgan fingerprint density at radius 1 is 1.05 bits per heavy atom. The molecule has 0 unspecified atom stereocenters. The smallest absolute Gasteiger partial charge is 0.193 e. The SMILES string of the molecule is COc1ccc(C(=O)c2cc(Cl)c(OC)cc2C)cc1. The second-order valence-electron chi connectivity index (χ2n) is 4.36. The minimum absolute atomic E-state index is 0.0743. The van der Waals surface area contributed by atoms with E-state index in [-0.39, 0.29) is 5.78 Å². The maximum Gasteiger partial charge on any atom is 0.193 e. The van der Waals surface area contributed by atoms with Gasteiger partial charge in [0.05, 0.1) is 19.2 Å². The zero-order valence-electron chi connectivity index (χ0n) is 11.6. The highest BCUT2D eigenvalue weighted by Crippen LogP contribution is 2.29. The first-order valence-corrected chi connectivity index (χ1v) is 6.47. The van der Waals surface area contributed by atoms with Crippen LogP contribution in [-0.2, 0) is 0 Å². The molecule has 0 bridgehead atoms. The first-order valence-electron chi connectivity index (χ1n) is 6.09. The van der Waals surface area contributed by atoms with E-state index in [9.17, 15) is 4.79 Å². The van der Waals surface area contributed by atoms with Crippen LogP contribution in [-0.4, -0.2) is 20.0 Å². The molecule has 2 aromatic rings. The highest BCUT2D eigenvalue weighted by Gasteiger charge is 2.15. The van der Waals surface area contributed by atoms with Crippen molar-refractivity contribution in [1.29, 1.82) is 0 Å². The number of aryl methyl sites for hydroxylation is 1. The van der Waals surface area contributed by atoms with Gasteiger partial charge in [0.1, 0.15) is 11.5 Å². The predicted octanol–water partition coefficient (Wildman–Crippen LogP) is 3.90. The van der Waals surface area contributed by atoms with Crippen molar-refractivity contribution in [1.82, 2.24) is 0 Å². The van der Waals surface area contributed by atoms with Crippen LogP contribution < -0.4 is 9.47 Å². The van der Waals surface area contributed by atoms with Gasteiger partial charge >= 0.3 is 0 Å². The number of methoxy groups -OCH3 is 2. The Bertz CT molecular complexity index is 633. The van der Waals surface area contributed by atoms with Crippen molar-refractivity contribution in [3.8, 4) is 11.5 Å². The lowest BCUT2D eigenvalue weighted by molar-refractivity contribution is 0.103. The van der Waals surface area contributed by atoms with E-state index in [0.29, 0.717) is 27.6 Å². The monoisotopic (exact) mass is 290 g/mol. The third-order valence-electron chi connectivity index (χ3n) is 3.10. The number of halogens is 1. The summed E-state index contributed by atoms with van der Waals surface area (Å²) in [6.45, 7) is 1.86. The average Bonchev–Trinajstić information content (AvgIpc) is 2.48. The molecule has 0 heterocycles. The standard InChI is InChI=1S/C16H15ClO3/c1-10-8-15(20-3)14(17)9-13(10)16(18)11-4-6-12(19-2)7-5-11/h4-9H,1-3H3. The van der Waals surface area contributed by atoms with Crippen molar-refractivity contribution in [3.05, 3.63) is 58.1 Å². The molecular weight excluding hydrogens is 276 g/mol. The first kappa shape index (κ1) is 14.4. The number of rotatable bonds is 4. The quantitative estimate of drug-likeness (QED) is 0.801. The van der Waals surface area contributed by atoms with Crippen LogP contribution in [0.15, 0.2) is 36.4 Å². The van der Waals surface area contributed by atoms with Gasteiger partial charge in [-0.05, 0) is 48.9 Å². The van der Waals surface area contributed by atoms with Crippen LogP contribution in [0.2, 0.25) is 5.02 Å². The minimum Gasteiger partial charge on any atom is -0.497 e. The summed E-state index contributed by atoms with van der Waals surface area (Å²) in [6, 6.07) is 10.4. The maximum absolute atomic E-state index is 12.5. The molecule has 0 saturated heterocycles. The van der Waals surface area contributed by atoms with E-state index in [0.717, 1.165) is 5.56 Å². The summed E-state index contributed by atoms with van der Waals surface area (Å²) < 4.78 is 10.2. The van der Waals surface area contributed by atoms with Gasteiger partial charge in [0.2, 0.25) is 0 Å². The van der Waals surface area contributed by atoms with Gasteiger partial charge in [-0.15, -0.1) is 0 Å². The van der Waals surface area contributed by atoms with Crippen LogP contribution in [0.25, 0.3) is 0 Å². The lowest BCUT2D eigenvalue weighted by Crippen LogP contribution is -2.04. The molecular formula is C16H15ClO3. The number of hydrogen-bond acceptors (Lipinski definition) is 3. The van der Waals surface area contributed by atoms with Gasteiger partial charge in [-0.2, -0.15) is 0 Å². The predicted molar refractivity (Wildman–Crippen MR) is 79.2 cm³/mol. The lowest BCUT2D eigenvalue weighted by Gasteiger charge is -2.10. The molecule has 20 heavy (non-hydrogen) atoms. The van der Waals surface area contributed by atoms with Gasteiger partial charge in [0, 0.05) is 11.1 Å². The number of ether oxygens (including phenoxy) is 2. The maximum atomic E-state index is 12.5. The fourth-order valence-electron chi connectivity index (χ4n) is 1.95. The topological polar surface area (TPSA) is 35.5 Å². The van der Waals surface area contributed by atoms with E-state index in [2.05, 4.69) is 0 Å². The molecule has 2 aromatic carbocycles. The zero-order valence-corrected chi connectivity index (χ0v) is 12.3. The molecule has 3 nitrogen and oxygen atoms in total. The molecule has 0 saturated carbocycles. The summed E-state index contributed by atoms with van der Waals surface area (Å²) in [5.41, 5.74) is 1.99. The third kappa shape index (κ3) is 2.78. The Kier molecular flexibility index (Phi) is 4.30. The Hall–Kier alpha value is -2.00. The Balaban J connectivity index is 2.39. The average molecular weight is 291 g/mol. The summed E-state index contributed by atoms with van der Waals surface area (Å²) in [7, 11) is 3.13. The minimum atomic E-state index is -0.0743. The summed E-state index contributed by atoms with van der Waals surface area (Å²) in [5, 5.41) is 0.426. The third-order valence-corrected chi connectivity index (χ3v) is 3.39. The van der Waals surface area contributed by atoms with Gasteiger partial charge in [-0.1, -0.05) is 11.6 Å².